The number of benzene rings is 2. The topological polar surface area (TPSA) is 47.6 Å². The van der Waals surface area contributed by atoms with E-state index in [9.17, 15) is 4.79 Å². The lowest BCUT2D eigenvalue weighted by Crippen LogP contribution is -2.31. The summed E-state index contributed by atoms with van der Waals surface area (Å²) in [6, 6.07) is 13.4. The van der Waals surface area contributed by atoms with Gasteiger partial charge in [-0.1, -0.05) is 31.0 Å². The van der Waals surface area contributed by atoms with E-state index >= 15 is 0 Å². The van der Waals surface area contributed by atoms with Gasteiger partial charge in [-0.3, -0.25) is 4.79 Å². The van der Waals surface area contributed by atoms with Crippen molar-refractivity contribution in [3.8, 4) is 17.2 Å². The highest BCUT2D eigenvalue weighted by Gasteiger charge is 2.06. The molecule has 0 aliphatic heterocycles. The SMILES string of the molecule is CCCc1ccc(Oc2ccc(OCC[C@H](C)NC(C)=O)cc2)c(Cl)c1. The second kappa shape index (κ2) is 10.1. The van der Waals surface area contributed by atoms with Gasteiger partial charge in [0, 0.05) is 19.4 Å². The Bertz CT molecular complexity index is 716. The molecule has 1 atom stereocenters. The second-order valence-electron chi connectivity index (χ2n) is 6.33. The van der Waals surface area contributed by atoms with Gasteiger partial charge in [0.2, 0.25) is 5.91 Å². The molecule has 0 spiro atoms. The molecular formula is C21H26ClNO3. The number of nitrogens with one attached hydrogen (secondary N) is 1. The van der Waals surface area contributed by atoms with Crippen LogP contribution in [0.2, 0.25) is 5.02 Å². The van der Waals surface area contributed by atoms with E-state index in [1.807, 2.05) is 49.4 Å². The summed E-state index contributed by atoms with van der Waals surface area (Å²) in [5.74, 6) is 2.08. The van der Waals surface area contributed by atoms with Gasteiger partial charge >= 0.3 is 0 Å². The number of rotatable bonds is 9. The Balaban J connectivity index is 1.86. The summed E-state index contributed by atoms with van der Waals surface area (Å²) in [7, 11) is 0. The van der Waals surface area contributed by atoms with E-state index in [0.717, 1.165) is 25.0 Å². The molecule has 0 aliphatic carbocycles. The molecule has 26 heavy (non-hydrogen) atoms. The molecule has 0 saturated heterocycles. The maximum Gasteiger partial charge on any atom is 0.217 e. The standard InChI is InChI=1S/C21H26ClNO3/c1-4-5-17-6-11-21(20(22)14-17)26-19-9-7-18(8-10-19)25-13-12-15(2)23-16(3)24/h6-11,14-15H,4-5,12-13H2,1-3H3,(H,23,24)/t15-/m0/s1. The molecule has 0 aromatic heterocycles. The highest BCUT2D eigenvalue weighted by Crippen LogP contribution is 2.31. The van der Waals surface area contributed by atoms with E-state index in [1.54, 1.807) is 0 Å². The molecule has 2 rings (SSSR count). The van der Waals surface area contributed by atoms with Crippen LogP contribution in [0, 0.1) is 0 Å². The average Bonchev–Trinajstić information content (AvgIpc) is 2.58. The van der Waals surface area contributed by atoms with Gasteiger partial charge in [-0.15, -0.1) is 0 Å². The number of aryl methyl sites for hydroxylation is 1. The van der Waals surface area contributed by atoms with Crippen LogP contribution in [0.15, 0.2) is 42.5 Å². The van der Waals surface area contributed by atoms with Crippen LogP contribution in [0.5, 0.6) is 17.2 Å². The fourth-order valence-corrected chi connectivity index (χ4v) is 2.82. The van der Waals surface area contributed by atoms with E-state index < -0.39 is 0 Å². The van der Waals surface area contributed by atoms with Crippen molar-refractivity contribution in [1.82, 2.24) is 5.32 Å². The number of carbonyl (C=O) groups is 1. The van der Waals surface area contributed by atoms with Crippen molar-refractivity contribution in [1.29, 1.82) is 0 Å². The lowest BCUT2D eigenvalue weighted by Gasteiger charge is -2.13. The van der Waals surface area contributed by atoms with Crippen molar-refractivity contribution < 1.29 is 14.3 Å². The fraction of sp³-hybridized carbons (Fsp3) is 0.381. The Labute approximate surface area is 160 Å². The van der Waals surface area contributed by atoms with Crippen molar-refractivity contribution in [2.75, 3.05) is 6.61 Å². The summed E-state index contributed by atoms with van der Waals surface area (Å²) in [5, 5.41) is 3.45. The third kappa shape index (κ3) is 6.60. The largest absolute Gasteiger partial charge is 0.494 e. The third-order valence-electron chi connectivity index (χ3n) is 3.86. The zero-order valence-electron chi connectivity index (χ0n) is 15.5. The molecule has 1 N–H and O–H groups in total. The molecular weight excluding hydrogens is 350 g/mol. The van der Waals surface area contributed by atoms with Gasteiger partial charge < -0.3 is 14.8 Å². The van der Waals surface area contributed by atoms with Gasteiger partial charge in [-0.05, 0) is 55.3 Å². The Morgan fingerprint density at radius 1 is 1.15 bits per heavy atom. The number of hydrogen-bond donors (Lipinski definition) is 1. The highest BCUT2D eigenvalue weighted by atomic mass is 35.5. The van der Waals surface area contributed by atoms with Gasteiger partial charge in [0.1, 0.15) is 17.2 Å². The number of halogens is 1. The first-order valence-corrected chi connectivity index (χ1v) is 9.32. The lowest BCUT2D eigenvalue weighted by molar-refractivity contribution is -0.119. The van der Waals surface area contributed by atoms with Crippen molar-refractivity contribution in [2.24, 2.45) is 0 Å². The van der Waals surface area contributed by atoms with Crippen LogP contribution < -0.4 is 14.8 Å². The monoisotopic (exact) mass is 375 g/mol. The predicted octanol–water partition coefficient (Wildman–Crippen LogP) is 5.38. The van der Waals surface area contributed by atoms with Crippen LogP contribution >= 0.6 is 11.6 Å². The minimum Gasteiger partial charge on any atom is -0.494 e. The highest BCUT2D eigenvalue weighted by molar-refractivity contribution is 6.32. The van der Waals surface area contributed by atoms with Crippen molar-refractivity contribution in [3.05, 3.63) is 53.1 Å². The first-order chi connectivity index (χ1) is 12.5. The Kier molecular flexibility index (Phi) is 7.79. The fourth-order valence-electron chi connectivity index (χ4n) is 2.57. The second-order valence-corrected chi connectivity index (χ2v) is 6.73. The summed E-state index contributed by atoms with van der Waals surface area (Å²) < 4.78 is 11.5. The Morgan fingerprint density at radius 2 is 1.85 bits per heavy atom. The smallest absolute Gasteiger partial charge is 0.217 e. The van der Waals surface area contributed by atoms with Crippen LogP contribution in [0.1, 0.15) is 39.2 Å². The van der Waals surface area contributed by atoms with Crippen molar-refractivity contribution in [2.45, 2.75) is 46.1 Å². The van der Waals surface area contributed by atoms with E-state index in [0.29, 0.717) is 23.1 Å². The molecule has 0 bridgehead atoms. The third-order valence-corrected chi connectivity index (χ3v) is 4.15. The molecule has 0 aliphatic rings. The first kappa shape index (κ1) is 20.1. The van der Waals surface area contributed by atoms with Gasteiger partial charge in [-0.2, -0.15) is 0 Å². The number of ether oxygens (including phenoxy) is 2. The van der Waals surface area contributed by atoms with Gasteiger partial charge in [0.05, 0.1) is 11.6 Å². The zero-order valence-corrected chi connectivity index (χ0v) is 16.3. The normalized spacial score (nSPS) is 11.7. The van der Waals surface area contributed by atoms with Crippen LogP contribution in [0.3, 0.4) is 0 Å². The van der Waals surface area contributed by atoms with Crippen LogP contribution in [0.25, 0.3) is 0 Å². The molecule has 0 fully saturated rings. The number of carbonyl (C=O) groups excluding carboxylic acids is 1. The molecule has 0 heterocycles. The molecule has 4 nitrogen and oxygen atoms in total. The lowest BCUT2D eigenvalue weighted by atomic mass is 10.1. The Morgan fingerprint density at radius 3 is 2.46 bits per heavy atom. The van der Waals surface area contributed by atoms with Crippen molar-refractivity contribution >= 4 is 17.5 Å². The van der Waals surface area contributed by atoms with E-state index in [2.05, 4.69) is 12.2 Å². The summed E-state index contributed by atoms with van der Waals surface area (Å²) in [4.78, 5) is 11.0. The minimum atomic E-state index is -0.0274. The van der Waals surface area contributed by atoms with Crippen LogP contribution in [-0.4, -0.2) is 18.6 Å². The molecule has 0 saturated carbocycles. The number of amides is 1. The summed E-state index contributed by atoms with van der Waals surface area (Å²) in [5.41, 5.74) is 1.21. The number of hydrogen-bond acceptors (Lipinski definition) is 3. The first-order valence-electron chi connectivity index (χ1n) is 8.94. The maximum absolute atomic E-state index is 11.0. The maximum atomic E-state index is 11.0. The molecule has 140 valence electrons. The zero-order chi connectivity index (χ0) is 18.9. The average molecular weight is 376 g/mol. The van der Waals surface area contributed by atoms with Gasteiger partial charge in [0.25, 0.3) is 0 Å². The Hall–Kier alpha value is -2.20. The summed E-state index contributed by atoms with van der Waals surface area (Å²) in [6.07, 6.45) is 2.84. The summed E-state index contributed by atoms with van der Waals surface area (Å²) in [6.45, 7) is 6.14. The molecule has 5 heteroatoms. The van der Waals surface area contributed by atoms with Gasteiger partial charge in [0.15, 0.2) is 0 Å². The van der Waals surface area contributed by atoms with Gasteiger partial charge in [-0.25, -0.2) is 0 Å². The molecule has 0 unspecified atom stereocenters. The summed E-state index contributed by atoms with van der Waals surface area (Å²) >= 11 is 6.30. The van der Waals surface area contributed by atoms with E-state index in [1.165, 1.54) is 12.5 Å². The van der Waals surface area contributed by atoms with E-state index in [-0.39, 0.29) is 11.9 Å². The van der Waals surface area contributed by atoms with Crippen molar-refractivity contribution in [3.63, 3.8) is 0 Å². The predicted molar refractivity (Wildman–Crippen MR) is 105 cm³/mol. The quantitative estimate of drug-likeness (QED) is 0.640. The molecule has 2 aromatic rings. The molecule has 1 amide bonds. The van der Waals surface area contributed by atoms with Crippen LogP contribution in [-0.2, 0) is 11.2 Å². The molecule has 0 radical (unpaired) electrons. The molecule has 2 aromatic carbocycles. The van der Waals surface area contributed by atoms with E-state index in [4.69, 9.17) is 21.1 Å². The van der Waals surface area contributed by atoms with Crippen LogP contribution in [0.4, 0.5) is 0 Å². The minimum absolute atomic E-state index is 0.0274.